The number of rotatable bonds is 3. The Morgan fingerprint density at radius 1 is 0.750 bits per heavy atom. The van der Waals surface area contributed by atoms with Crippen molar-refractivity contribution in [2.24, 2.45) is 0 Å². The predicted octanol–water partition coefficient (Wildman–Crippen LogP) is 4.16. The molecule has 0 radical (unpaired) electrons. The smallest absolute Gasteiger partial charge is 0.338 e. The van der Waals surface area contributed by atoms with Crippen LogP contribution in [0.3, 0.4) is 0 Å². The molecule has 0 aliphatic carbocycles. The number of pyridine rings is 1. The molecule has 184 valence electrons. The van der Waals surface area contributed by atoms with Gasteiger partial charge in [-0.2, -0.15) is 13.2 Å². The summed E-state index contributed by atoms with van der Waals surface area (Å²) in [5.74, 6) is -0.661. The van der Waals surface area contributed by atoms with Gasteiger partial charge in [0.25, 0.3) is 5.91 Å². The van der Waals surface area contributed by atoms with Crippen molar-refractivity contribution in [2.75, 3.05) is 26.2 Å². The number of halogens is 3. The van der Waals surface area contributed by atoms with Gasteiger partial charge in [-0.25, -0.2) is 0 Å². The van der Waals surface area contributed by atoms with Crippen molar-refractivity contribution in [1.29, 1.82) is 0 Å². The number of nitrogens with zero attached hydrogens (tertiary/aromatic N) is 3. The zero-order valence-corrected chi connectivity index (χ0v) is 19.2. The van der Waals surface area contributed by atoms with Crippen molar-refractivity contribution in [3.63, 3.8) is 0 Å². The molecule has 5 rings (SSSR count). The molecule has 0 atom stereocenters. The lowest BCUT2D eigenvalue weighted by atomic mass is 10.1. The molecule has 2 heterocycles. The maximum Gasteiger partial charge on any atom is 0.416 e. The van der Waals surface area contributed by atoms with Gasteiger partial charge in [0.15, 0.2) is 5.43 Å². The van der Waals surface area contributed by atoms with E-state index in [1.165, 1.54) is 17.0 Å². The Balaban J connectivity index is 1.33. The van der Waals surface area contributed by atoms with Gasteiger partial charge in [-0.1, -0.05) is 30.3 Å². The minimum Gasteiger partial charge on any atom is -0.338 e. The van der Waals surface area contributed by atoms with Crippen molar-refractivity contribution in [3.8, 4) is 0 Å². The van der Waals surface area contributed by atoms with Crippen LogP contribution in [-0.2, 0) is 17.5 Å². The van der Waals surface area contributed by atoms with Crippen LogP contribution in [0.15, 0.2) is 77.6 Å². The van der Waals surface area contributed by atoms with E-state index in [1.807, 2.05) is 28.8 Å². The standard InChI is InChI=1S/C27H22F3N3O3/c28-27(29,30)19-7-5-6-18(16-19)26(36)32-14-12-31(13-15-32)24(34)17-33-22-10-3-1-8-20(22)25(35)21-9-2-4-11-23(21)33/h1-11,16H,12-15,17H2. The Morgan fingerprint density at radius 2 is 1.31 bits per heavy atom. The summed E-state index contributed by atoms with van der Waals surface area (Å²) < 4.78 is 40.9. The molecule has 3 aromatic carbocycles. The van der Waals surface area contributed by atoms with Crippen molar-refractivity contribution in [3.05, 3.63) is 94.1 Å². The van der Waals surface area contributed by atoms with E-state index in [2.05, 4.69) is 0 Å². The number of para-hydroxylation sites is 2. The number of carbonyl (C=O) groups excluding carboxylic acids is 2. The van der Waals surface area contributed by atoms with E-state index in [4.69, 9.17) is 0 Å². The fraction of sp³-hybridized carbons (Fsp3) is 0.222. The zero-order chi connectivity index (χ0) is 25.4. The number of fused-ring (bicyclic) bond motifs is 2. The van der Waals surface area contributed by atoms with E-state index in [9.17, 15) is 27.6 Å². The largest absolute Gasteiger partial charge is 0.416 e. The first-order valence-electron chi connectivity index (χ1n) is 11.5. The maximum atomic E-state index is 13.2. The van der Waals surface area contributed by atoms with Crippen LogP contribution in [0.1, 0.15) is 15.9 Å². The van der Waals surface area contributed by atoms with Crippen LogP contribution in [-0.4, -0.2) is 52.4 Å². The molecule has 4 aromatic rings. The molecule has 0 saturated carbocycles. The molecule has 1 aromatic heterocycles. The third kappa shape index (κ3) is 4.32. The van der Waals surface area contributed by atoms with Crippen molar-refractivity contribution in [1.82, 2.24) is 14.4 Å². The predicted molar refractivity (Wildman–Crippen MR) is 130 cm³/mol. The number of carbonyl (C=O) groups is 2. The molecule has 1 aliphatic rings. The first-order valence-corrected chi connectivity index (χ1v) is 11.5. The summed E-state index contributed by atoms with van der Waals surface area (Å²) in [5, 5.41) is 1.06. The molecule has 2 amide bonds. The average Bonchev–Trinajstić information content (AvgIpc) is 2.90. The summed E-state index contributed by atoms with van der Waals surface area (Å²) in [4.78, 5) is 42.0. The van der Waals surface area contributed by atoms with Gasteiger partial charge in [0.2, 0.25) is 5.91 Å². The van der Waals surface area contributed by atoms with Gasteiger partial charge in [-0.05, 0) is 42.5 Å². The third-order valence-electron chi connectivity index (χ3n) is 6.53. The van der Waals surface area contributed by atoms with E-state index in [-0.39, 0.29) is 49.6 Å². The van der Waals surface area contributed by atoms with Crippen LogP contribution in [0.25, 0.3) is 21.8 Å². The maximum absolute atomic E-state index is 13.2. The quantitative estimate of drug-likeness (QED) is 0.403. The van der Waals surface area contributed by atoms with Gasteiger partial charge in [0, 0.05) is 42.5 Å². The van der Waals surface area contributed by atoms with E-state index in [1.54, 1.807) is 29.2 Å². The van der Waals surface area contributed by atoms with E-state index in [0.717, 1.165) is 12.1 Å². The van der Waals surface area contributed by atoms with E-state index < -0.39 is 17.6 Å². The molecule has 0 spiro atoms. The van der Waals surface area contributed by atoms with Gasteiger partial charge in [-0.3, -0.25) is 14.4 Å². The molecule has 1 saturated heterocycles. The van der Waals surface area contributed by atoms with Gasteiger partial charge >= 0.3 is 6.18 Å². The zero-order valence-electron chi connectivity index (χ0n) is 19.2. The average molecular weight is 493 g/mol. The summed E-state index contributed by atoms with van der Waals surface area (Å²) in [6, 6.07) is 18.7. The topological polar surface area (TPSA) is 62.6 Å². The van der Waals surface area contributed by atoms with Crippen molar-refractivity contribution in [2.45, 2.75) is 12.7 Å². The summed E-state index contributed by atoms with van der Waals surface area (Å²) in [6.07, 6.45) is -4.53. The molecule has 9 heteroatoms. The van der Waals surface area contributed by atoms with Crippen molar-refractivity contribution < 1.29 is 22.8 Å². The number of benzene rings is 3. The Morgan fingerprint density at radius 3 is 1.89 bits per heavy atom. The minimum absolute atomic E-state index is 0.0167. The molecular formula is C27H22F3N3O3. The molecule has 0 bridgehead atoms. The molecular weight excluding hydrogens is 471 g/mol. The first kappa shape index (κ1) is 23.6. The number of aromatic nitrogens is 1. The second-order valence-corrected chi connectivity index (χ2v) is 8.70. The highest BCUT2D eigenvalue weighted by Gasteiger charge is 2.32. The monoisotopic (exact) mass is 493 g/mol. The number of piperazine rings is 1. The fourth-order valence-electron chi connectivity index (χ4n) is 4.65. The van der Waals surface area contributed by atoms with E-state index in [0.29, 0.717) is 21.8 Å². The second-order valence-electron chi connectivity index (χ2n) is 8.70. The fourth-order valence-corrected chi connectivity index (χ4v) is 4.65. The van der Waals surface area contributed by atoms with Crippen LogP contribution in [0.5, 0.6) is 0 Å². The molecule has 1 fully saturated rings. The lowest BCUT2D eigenvalue weighted by molar-refractivity contribution is -0.137. The lowest BCUT2D eigenvalue weighted by Crippen LogP contribution is -2.51. The Labute approximate surface area is 204 Å². The molecule has 36 heavy (non-hydrogen) atoms. The molecule has 6 nitrogen and oxygen atoms in total. The minimum atomic E-state index is -4.53. The normalized spacial score (nSPS) is 14.4. The Kier molecular flexibility index (Phi) is 5.99. The summed E-state index contributed by atoms with van der Waals surface area (Å²) >= 11 is 0. The number of alkyl halides is 3. The summed E-state index contributed by atoms with van der Waals surface area (Å²) in [6.45, 7) is 0.973. The Hall–Kier alpha value is -4.14. The summed E-state index contributed by atoms with van der Waals surface area (Å²) in [5.41, 5.74) is 0.325. The third-order valence-corrected chi connectivity index (χ3v) is 6.53. The van der Waals surface area contributed by atoms with Gasteiger partial charge in [-0.15, -0.1) is 0 Å². The highest BCUT2D eigenvalue weighted by molar-refractivity contribution is 5.96. The first-order chi connectivity index (χ1) is 17.2. The number of hydrogen-bond acceptors (Lipinski definition) is 3. The second kappa shape index (κ2) is 9.14. The van der Waals surface area contributed by atoms with Gasteiger partial charge < -0.3 is 14.4 Å². The van der Waals surface area contributed by atoms with Crippen LogP contribution in [0.2, 0.25) is 0 Å². The highest BCUT2D eigenvalue weighted by atomic mass is 19.4. The van der Waals surface area contributed by atoms with Crippen LogP contribution >= 0.6 is 0 Å². The van der Waals surface area contributed by atoms with Crippen LogP contribution in [0, 0.1) is 0 Å². The SMILES string of the molecule is O=C(Cn1c2ccccc2c(=O)c2ccccc21)N1CCN(C(=O)c2cccc(C(F)(F)F)c2)CC1. The number of hydrogen-bond donors (Lipinski definition) is 0. The van der Waals surface area contributed by atoms with Crippen molar-refractivity contribution >= 4 is 33.6 Å². The molecule has 0 unspecified atom stereocenters. The molecule has 1 aliphatic heterocycles. The van der Waals surface area contributed by atoms with Crippen LogP contribution in [0.4, 0.5) is 13.2 Å². The van der Waals surface area contributed by atoms with Gasteiger partial charge in [0.05, 0.1) is 16.6 Å². The lowest BCUT2D eigenvalue weighted by Gasteiger charge is -2.35. The van der Waals surface area contributed by atoms with Crippen LogP contribution < -0.4 is 5.43 Å². The Bertz CT molecular complexity index is 1480. The highest BCUT2D eigenvalue weighted by Crippen LogP contribution is 2.30. The van der Waals surface area contributed by atoms with Gasteiger partial charge in [0.1, 0.15) is 6.54 Å². The molecule has 0 N–H and O–H groups in total. The number of amides is 2. The van der Waals surface area contributed by atoms with E-state index >= 15 is 0 Å². The summed E-state index contributed by atoms with van der Waals surface area (Å²) in [7, 11) is 0.